The molecule has 0 bridgehead atoms. The van der Waals surface area contributed by atoms with E-state index in [-0.39, 0.29) is 25.6 Å². The van der Waals surface area contributed by atoms with E-state index in [9.17, 15) is 0 Å². The van der Waals surface area contributed by atoms with Gasteiger partial charge in [0, 0.05) is 13.2 Å². The maximum Gasteiger partial charge on any atom is 0.162 e. The van der Waals surface area contributed by atoms with Crippen LogP contribution in [0.2, 0.25) is 0 Å². The Morgan fingerprint density at radius 2 is 2.10 bits per heavy atom. The number of rotatable bonds is 9. The molecule has 0 spiro atoms. The number of aliphatic hydroxyl groups is 1. The predicted molar refractivity (Wildman–Crippen MR) is 82.6 cm³/mol. The molecule has 0 unspecified atom stereocenters. The van der Waals surface area contributed by atoms with E-state index in [0.717, 1.165) is 25.1 Å². The highest BCUT2D eigenvalue weighted by Crippen LogP contribution is 2.28. The molecular weight excluding hydrogens is 278 g/mol. The predicted octanol–water partition coefficient (Wildman–Crippen LogP) is 1.99. The Kier molecular flexibility index (Phi) is 10.6. The normalized spacial score (nSPS) is 9.45. The van der Waals surface area contributed by atoms with Crippen molar-refractivity contribution in [2.24, 2.45) is 0 Å². The van der Waals surface area contributed by atoms with Crippen molar-refractivity contribution in [2.75, 3.05) is 26.4 Å². The first-order valence-corrected chi connectivity index (χ1v) is 6.45. The zero-order valence-electron chi connectivity index (χ0n) is 11.7. The van der Waals surface area contributed by atoms with Gasteiger partial charge < -0.3 is 19.9 Å². The SMILES string of the molecule is C#CCOc1ccc(CNCCCO)cc1OCC.Cl. The first-order valence-electron chi connectivity index (χ1n) is 6.45. The van der Waals surface area contributed by atoms with Crippen LogP contribution in [0, 0.1) is 12.3 Å². The molecule has 0 saturated carbocycles. The van der Waals surface area contributed by atoms with Crippen molar-refractivity contribution in [3.8, 4) is 23.8 Å². The fourth-order valence-corrected chi connectivity index (χ4v) is 1.61. The molecule has 0 saturated heterocycles. The summed E-state index contributed by atoms with van der Waals surface area (Å²) < 4.78 is 11.0. The Morgan fingerprint density at radius 1 is 1.30 bits per heavy atom. The number of nitrogens with one attached hydrogen (secondary N) is 1. The summed E-state index contributed by atoms with van der Waals surface area (Å²) in [4.78, 5) is 0. The molecule has 112 valence electrons. The molecule has 5 heteroatoms. The minimum atomic E-state index is 0. The first-order chi connectivity index (χ1) is 9.31. The number of halogens is 1. The molecule has 0 aliphatic carbocycles. The monoisotopic (exact) mass is 299 g/mol. The Bertz CT molecular complexity index is 418. The molecule has 4 nitrogen and oxygen atoms in total. The number of hydrogen-bond donors (Lipinski definition) is 2. The van der Waals surface area contributed by atoms with E-state index in [1.165, 1.54) is 0 Å². The molecule has 20 heavy (non-hydrogen) atoms. The molecule has 1 aromatic carbocycles. The summed E-state index contributed by atoms with van der Waals surface area (Å²) in [6, 6.07) is 5.78. The van der Waals surface area contributed by atoms with Crippen LogP contribution in [0.3, 0.4) is 0 Å². The summed E-state index contributed by atoms with van der Waals surface area (Å²) in [6.07, 6.45) is 5.93. The van der Waals surface area contributed by atoms with Gasteiger partial charge in [0.05, 0.1) is 6.61 Å². The van der Waals surface area contributed by atoms with Gasteiger partial charge in [0.25, 0.3) is 0 Å². The van der Waals surface area contributed by atoms with Crippen LogP contribution in [-0.2, 0) is 6.54 Å². The molecule has 0 aliphatic rings. The van der Waals surface area contributed by atoms with Crippen LogP contribution in [0.25, 0.3) is 0 Å². The minimum absolute atomic E-state index is 0. The third-order valence-electron chi connectivity index (χ3n) is 2.46. The second-order valence-electron chi connectivity index (χ2n) is 3.96. The molecule has 0 aliphatic heterocycles. The van der Waals surface area contributed by atoms with Crippen molar-refractivity contribution in [1.82, 2.24) is 5.32 Å². The molecule has 2 N–H and O–H groups in total. The van der Waals surface area contributed by atoms with Gasteiger partial charge >= 0.3 is 0 Å². The lowest BCUT2D eigenvalue weighted by atomic mass is 10.2. The zero-order valence-corrected chi connectivity index (χ0v) is 12.5. The quantitative estimate of drug-likeness (QED) is 0.541. The number of benzene rings is 1. The van der Waals surface area contributed by atoms with E-state index in [1.807, 2.05) is 25.1 Å². The minimum Gasteiger partial charge on any atom is -0.490 e. The van der Waals surface area contributed by atoms with E-state index in [1.54, 1.807) is 0 Å². The molecule has 0 atom stereocenters. The Balaban J connectivity index is 0.00000361. The van der Waals surface area contributed by atoms with E-state index in [2.05, 4.69) is 11.2 Å². The summed E-state index contributed by atoms with van der Waals surface area (Å²) in [5, 5.41) is 11.9. The zero-order chi connectivity index (χ0) is 13.9. The Labute approximate surface area is 126 Å². The summed E-state index contributed by atoms with van der Waals surface area (Å²) in [7, 11) is 0. The van der Waals surface area contributed by atoms with Gasteiger partial charge in [0.2, 0.25) is 0 Å². The topological polar surface area (TPSA) is 50.7 Å². The lowest BCUT2D eigenvalue weighted by Gasteiger charge is -2.12. The van der Waals surface area contributed by atoms with Gasteiger partial charge in [-0.1, -0.05) is 12.0 Å². The van der Waals surface area contributed by atoms with Crippen molar-refractivity contribution < 1.29 is 14.6 Å². The van der Waals surface area contributed by atoms with Crippen molar-refractivity contribution in [2.45, 2.75) is 19.9 Å². The van der Waals surface area contributed by atoms with Crippen LogP contribution < -0.4 is 14.8 Å². The lowest BCUT2D eigenvalue weighted by molar-refractivity contribution is 0.286. The van der Waals surface area contributed by atoms with E-state index in [0.29, 0.717) is 18.1 Å². The van der Waals surface area contributed by atoms with Gasteiger partial charge in [-0.3, -0.25) is 0 Å². The van der Waals surface area contributed by atoms with Crippen LogP contribution in [0.5, 0.6) is 11.5 Å². The second-order valence-corrected chi connectivity index (χ2v) is 3.96. The van der Waals surface area contributed by atoms with Gasteiger partial charge in [-0.25, -0.2) is 0 Å². The highest BCUT2D eigenvalue weighted by atomic mass is 35.5. The van der Waals surface area contributed by atoms with Crippen molar-refractivity contribution >= 4 is 12.4 Å². The standard InChI is InChI=1S/C15H21NO3.ClH/c1-3-10-19-14-7-6-13(11-15(14)18-4-2)12-16-8-5-9-17;/h1,6-7,11,16-17H,4-5,8-10,12H2,2H3;1H. The van der Waals surface area contributed by atoms with Gasteiger partial charge in [-0.2, -0.15) is 0 Å². The smallest absolute Gasteiger partial charge is 0.162 e. The molecule has 0 amide bonds. The second kappa shape index (κ2) is 11.4. The number of aliphatic hydroxyl groups excluding tert-OH is 1. The third kappa shape index (κ3) is 6.67. The number of hydrogen-bond acceptors (Lipinski definition) is 4. The summed E-state index contributed by atoms with van der Waals surface area (Å²) in [5.41, 5.74) is 1.11. The summed E-state index contributed by atoms with van der Waals surface area (Å²) in [5.74, 6) is 3.81. The molecule has 0 fully saturated rings. The molecule has 0 aromatic heterocycles. The summed E-state index contributed by atoms with van der Waals surface area (Å²) in [6.45, 7) is 4.46. The maximum atomic E-state index is 8.70. The average Bonchev–Trinajstić information content (AvgIpc) is 2.43. The van der Waals surface area contributed by atoms with Crippen LogP contribution in [0.15, 0.2) is 18.2 Å². The fraction of sp³-hybridized carbons (Fsp3) is 0.467. The lowest BCUT2D eigenvalue weighted by Crippen LogP contribution is -2.15. The van der Waals surface area contributed by atoms with Gasteiger partial charge in [-0.05, 0) is 37.6 Å². The fourth-order valence-electron chi connectivity index (χ4n) is 1.61. The average molecular weight is 300 g/mol. The Morgan fingerprint density at radius 3 is 2.75 bits per heavy atom. The van der Waals surface area contributed by atoms with Crippen molar-refractivity contribution in [1.29, 1.82) is 0 Å². The molecule has 0 heterocycles. The molecule has 1 aromatic rings. The Hall–Kier alpha value is -1.41. The first kappa shape index (κ1) is 18.6. The summed E-state index contributed by atoms with van der Waals surface area (Å²) >= 11 is 0. The van der Waals surface area contributed by atoms with E-state index >= 15 is 0 Å². The molecule has 1 rings (SSSR count). The van der Waals surface area contributed by atoms with Gasteiger partial charge in [-0.15, -0.1) is 18.8 Å². The number of ether oxygens (including phenoxy) is 2. The third-order valence-corrected chi connectivity index (χ3v) is 2.46. The van der Waals surface area contributed by atoms with Crippen LogP contribution >= 0.6 is 12.4 Å². The van der Waals surface area contributed by atoms with Crippen molar-refractivity contribution in [3.63, 3.8) is 0 Å². The largest absolute Gasteiger partial charge is 0.490 e. The highest BCUT2D eigenvalue weighted by Gasteiger charge is 2.06. The van der Waals surface area contributed by atoms with Gasteiger partial charge in [0.15, 0.2) is 11.5 Å². The molecular formula is C15H22ClNO3. The van der Waals surface area contributed by atoms with E-state index < -0.39 is 0 Å². The van der Waals surface area contributed by atoms with Crippen LogP contribution in [0.1, 0.15) is 18.9 Å². The maximum absolute atomic E-state index is 8.70. The van der Waals surface area contributed by atoms with Crippen LogP contribution in [-0.4, -0.2) is 31.5 Å². The van der Waals surface area contributed by atoms with Gasteiger partial charge in [0.1, 0.15) is 6.61 Å². The molecule has 0 radical (unpaired) electrons. The number of terminal acetylenes is 1. The van der Waals surface area contributed by atoms with Crippen molar-refractivity contribution in [3.05, 3.63) is 23.8 Å². The van der Waals surface area contributed by atoms with E-state index in [4.69, 9.17) is 21.0 Å². The van der Waals surface area contributed by atoms with Crippen LogP contribution in [0.4, 0.5) is 0 Å². The highest BCUT2D eigenvalue weighted by molar-refractivity contribution is 5.85.